The first kappa shape index (κ1) is 16.1. The second-order valence-electron chi connectivity index (χ2n) is 6.51. The number of benzene rings is 1. The highest BCUT2D eigenvalue weighted by Gasteiger charge is 2.29. The number of sulfone groups is 1. The van der Waals surface area contributed by atoms with Crippen LogP contribution in [-0.4, -0.2) is 43.4 Å². The molecule has 0 radical (unpaired) electrons. The van der Waals surface area contributed by atoms with Crippen LogP contribution in [0, 0.1) is 0 Å². The number of hydrogen-bond acceptors (Lipinski definition) is 5. The molecule has 2 aliphatic rings. The molecule has 4 rings (SSSR count). The quantitative estimate of drug-likeness (QED) is 0.907. The molecule has 0 saturated carbocycles. The third-order valence-corrected chi connectivity index (χ3v) is 6.49. The van der Waals surface area contributed by atoms with Crippen LogP contribution >= 0.6 is 0 Å². The van der Waals surface area contributed by atoms with Crippen molar-refractivity contribution in [2.45, 2.75) is 18.9 Å². The second kappa shape index (κ2) is 6.15. The fraction of sp³-hybridized carbons (Fsp3) is 0.333. The van der Waals surface area contributed by atoms with Crippen molar-refractivity contribution in [3.63, 3.8) is 0 Å². The number of para-hydroxylation sites is 1. The molecule has 1 aromatic heterocycles. The summed E-state index contributed by atoms with van der Waals surface area (Å²) in [4.78, 5) is 18.9. The number of carbonyl (C=O) groups is 1. The molecular weight excluding hydrogens is 338 g/mol. The summed E-state index contributed by atoms with van der Waals surface area (Å²) in [6.07, 6.45) is 3.01. The number of pyridine rings is 1. The molecule has 130 valence electrons. The third kappa shape index (κ3) is 3.24. The van der Waals surface area contributed by atoms with Crippen LogP contribution < -0.4 is 10.2 Å². The molecule has 1 amide bonds. The van der Waals surface area contributed by atoms with Crippen molar-refractivity contribution in [2.24, 2.45) is 0 Å². The largest absolute Gasteiger partial charge is 0.366 e. The molecule has 6 nitrogen and oxygen atoms in total. The van der Waals surface area contributed by atoms with Gasteiger partial charge in [-0.05, 0) is 36.6 Å². The normalized spacial score (nSPS) is 21.1. The van der Waals surface area contributed by atoms with E-state index in [0.29, 0.717) is 24.3 Å². The van der Waals surface area contributed by atoms with Crippen molar-refractivity contribution in [3.8, 4) is 0 Å². The van der Waals surface area contributed by atoms with E-state index < -0.39 is 9.84 Å². The number of fused-ring (bicyclic) bond motifs is 1. The SMILES string of the molecule is O=C(c1ccnc(NC2CCS(=O)(=O)C2)c1)N1CCc2ccccc21. The van der Waals surface area contributed by atoms with Crippen molar-refractivity contribution >= 4 is 27.2 Å². The lowest BCUT2D eigenvalue weighted by Crippen LogP contribution is -2.29. The molecule has 2 aliphatic heterocycles. The highest BCUT2D eigenvalue weighted by Crippen LogP contribution is 2.29. The minimum absolute atomic E-state index is 0.0607. The molecule has 1 fully saturated rings. The molecule has 0 aliphatic carbocycles. The van der Waals surface area contributed by atoms with E-state index in [2.05, 4.69) is 10.3 Å². The minimum atomic E-state index is -2.95. The van der Waals surface area contributed by atoms with Gasteiger partial charge in [0.05, 0.1) is 11.5 Å². The van der Waals surface area contributed by atoms with E-state index in [4.69, 9.17) is 0 Å². The molecule has 1 saturated heterocycles. The number of nitrogens with zero attached hydrogens (tertiary/aromatic N) is 2. The fourth-order valence-electron chi connectivity index (χ4n) is 3.47. The number of aromatic nitrogens is 1. The van der Waals surface area contributed by atoms with Crippen molar-refractivity contribution in [3.05, 3.63) is 53.7 Å². The Kier molecular flexibility index (Phi) is 3.95. The van der Waals surface area contributed by atoms with Crippen LogP contribution in [0.3, 0.4) is 0 Å². The first-order valence-corrected chi connectivity index (χ1v) is 10.2. The Labute approximate surface area is 146 Å². The van der Waals surface area contributed by atoms with Crippen LogP contribution in [-0.2, 0) is 16.3 Å². The number of rotatable bonds is 3. The van der Waals surface area contributed by atoms with Crippen LogP contribution in [0.2, 0.25) is 0 Å². The molecule has 2 aromatic rings. The van der Waals surface area contributed by atoms with E-state index in [-0.39, 0.29) is 23.5 Å². The molecule has 1 unspecified atom stereocenters. The molecule has 0 bridgehead atoms. The van der Waals surface area contributed by atoms with Gasteiger partial charge < -0.3 is 10.2 Å². The fourth-order valence-corrected chi connectivity index (χ4v) is 5.14. The maximum atomic E-state index is 12.9. The van der Waals surface area contributed by atoms with Gasteiger partial charge in [0.1, 0.15) is 5.82 Å². The lowest BCUT2D eigenvalue weighted by molar-refractivity contribution is 0.0989. The van der Waals surface area contributed by atoms with Gasteiger partial charge >= 0.3 is 0 Å². The van der Waals surface area contributed by atoms with Crippen molar-refractivity contribution in [2.75, 3.05) is 28.3 Å². The zero-order chi connectivity index (χ0) is 17.4. The standard InChI is InChI=1S/C18H19N3O3S/c22-18(21-9-6-13-3-1-2-4-16(13)21)14-5-8-19-17(11-14)20-15-7-10-25(23,24)12-15/h1-5,8,11,15H,6-7,9-10,12H2,(H,19,20). The Morgan fingerprint density at radius 1 is 1.24 bits per heavy atom. The smallest absolute Gasteiger partial charge is 0.258 e. The van der Waals surface area contributed by atoms with Crippen LogP contribution in [0.1, 0.15) is 22.3 Å². The van der Waals surface area contributed by atoms with Crippen LogP contribution in [0.5, 0.6) is 0 Å². The predicted molar refractivity (Wildman–Crippen MR) is 96.7 cm³/mol. The third-order valence-electron chi connectivity index (χ3n) is 4.72. The second-order valence-corrected chi connectivity index (χ2v) is 8.74. The van der Waals surface area contributed by atoms with Gasteiger partial charge in [-0.1, -0.05) is 18.2 Å². The number of anilines is 2. The van der Waals surface area contributed by atoms with Gasteiger partial charge in [-0.3, -0.25) is 4.79 Å². The lowest BCUT2D eigenvalue weighted by atomic mass is 10.1. The Balaban J connectivity index is 1.53. The van der Waals surface area contributed by atoms with E-state index in [1.165, 1.54) is 5.56 Å². The summed E-state index contributed by atoms with van der Waals surface area (Å²) >= 11 is 0. The molecule has 7 heteroatoms. The zero-order valence-electron chi connectivity index (χ0n) is 13.7. The summed E-state index contributed by atoms with van der Waals surface area (Å²) in [7, 11) is -2.95. The monoisotopic (exact) mass is 357 g/mol. The number of nitrogens with one attached hydrogen (secondary N) is 1. The molecule has 3 heterocycles. The van der Waals surface area contributed by atoms with Gasteiger partial charge in [0.25, 0.3) is 5.91 Å². The van der Waals surface area contributed by atoms with E-state index in [1.54, 1.807) is 23.2 Å². The van der Waals surface area contributed by atoms with Gasteiger partial charge in [0.15, 0.2) is 9.84 Å². The summed E-state index contributed by atoms with van der Waals surface area (Å²) in [5.41, 5.74) is 2.69. The Bertz CT molecular complexity index is 927. The van der Waals surface area contributed by atoms with Crippen molar-refractivity contribution in [1.29, 1.82) is 0 Å². The van der Waals surface area contributed by atoms with E-state index in [0.717, 1.165) is 12.1 Å². The Morgan fingerprint density at radius 3 is 2.88 bits per heavy atom. The summed E-state index contributed by atoms with van der Waals surface area (Å²) in [6.45, 7) is 0.671. The van der Waals surface area contributed by atoms with Crippen LogP contribution in [0.25, 0.3) is 0 Å². The maximum absolute atomic E-state index is 12.9. The first-order valence-electron chi connectivity index (χ1n) is 8.35. The van der Waals surface area contributed by atoms with Gasteiger partial charge in [0, 0.05) is 30.0 Å². The molecular formula is C18H19N3O3S. The summed E-state index contributed by atoms with van der Waals surface area (Å²) < 4.78 is 23.2. The van der Waals surface area contributed by atoms with Gasteiger partial charge in [-0.15, -0.1) is 0 Å². The number of carbonyl (C=O) groups excluding carboxylic acids is 1. The van der Waals surface area contributed by atoms with Gasteiger partial charge in [-0.2, -0.15) is 0 Å². The van der Waals surface area contributed by atoms with E-state index >= 15 is 0 Å². The average Bonchev–Trinajstić information content (AvgIpc) is 3.17. The first-order chi connectivity index (χ1) is 12.0. The van der Waals surface area contributed by atoms with E-state index in [9.17, 15) is 13.2 Å². The zero-order valence-corrected chi connectivity index (χ0v) is 14.5. The highest BCUT2D eigenvalue weighted by molar-refractivity contribution is 7.91. The minimum Gasteiger partial charge on any atom is -0.366 e. The van der Waals surface area contributed by atoms with E-state index in [1.807, 2.05) is 24.3 Å². The Hall–Kier alpha value is -2.41. The van der Waals surface area contributed by atoms with Gasteiger partial charge in [0.2, 0.25) is 0 Å². The molecule has 0 spiro atoms. The van der Waals surface area contributed by atoms with Crippen molar-refractivity contribution in [1.82, 2.24) is 4.98 Å². The Morgan fingerprint density at radius 2 is 2.08 bits per heavy atom. The highest BCUT2D eigenvalue weighted by atomic mass is 32.2. The topological polar surface area (TPSA) is 79.4 Å². The predicted octanol–water partition coefficient (Wildman–Crippen LogP) is 1.88. The summed E-state index contributed by atoms with van der Waals surface area (Å²) in [6, 6.07) is 11.2. The summed E-state index contributed by atoms with van der Waals surface area (Å²) in [5.74, 6) is 0.801. The number of amides is 1. The van der Waals surface area contributed by atoms with Gasteiger partial charge in [-0.25, -0.2) is 13.4 Å². The molecule has 1 N–H and O–H groups in total. The van der Waals surface area contributed by atoms with Crippen molar-refractivity contribution < 1.29 is 13.2 Å². The van der Waals surface area contributed by atoms with Crippen LogP contribution in [0.15, 0.2) is 42.6 Å². The number of hydrogen-bond donors (Lipinski definition) is 1. The van der Waals surface area contributed by atoms with Crippen LogP contribution in [0.4, 0.5) is 11.5 Å². The lowest BCUT2D eigenvalue weighted by Gasteiger charge is -2.18. The molecule has 1 atom stereocenters. The molecule has 25 heavy (non-hydrogen) atoms. The average molecular weight is 357 g/mol. The molecule has 1 aromatic carbocycles. The maximum Gasteiger partial charge on any atom is 0.258 e. The summed E-state index contributed by atoms with van der Waals surface area (Å²) in [5, 5.41) is 3.14.